The number of alkyl halides is 3. The number of halogens is 4. The van der Waals surface area contributed by atoms with Crippen LogP contribution in [-0.4, -0.2) is 11.2 Å². The predicted octanol–water partition coefficient (Wildman–Crippen LogP) is 2.41. The van der Waals surface area contributed by atoms with E-state index in [1.54, 1.807) is 0 Å². The fourth-order valence-electron chi connectivity index (χ4n) is 0.739. The fraction of sp³-hybridized carbons (Fsp3) is 0.286. The van der Waals surface area contributed by atoms with E-state index < -0.39 is 12.2 Å². The highest BCUT2D eigenvalue weighted by Crippen LogP contribution is 2.29. The van der Waals surface area contributed by atoms with E-state index in [2.05, 4.69) is 20.9 Å². The van der Waals surface area contributed by atoms with Crippen molar-refractivity contribution in [1.82, 2.24) is 4.98 Å². The number of hydrogen-bond donors (Lipinski definition) is 1. The summed E-state index contributed by atoms with van der Waals surface area (Å²) in [5.41, 5.74) is 4.73. The number of nitrogens with zero attached hydrogens (tertiary/aromatic N) is 1. The molecule has 0 aliphatic heterocycles. The van der Waals surface area contributed by atoms with Gasteiger partial charge in [-0.05, 0) is 28.1 Å². The smallest absolute Gasteiger partial charge is 0.315 e. The molecule has 0 saturated heterocycles. The molecule has 1 heterocycles. The van der Waals surface area contributed by atoms with Crippen LogP contribution in [0.5, 0.6) is 0 Å². The van der Waals surface area contributed by atoms with Crippen molar-refractivity contribution in [3.63, 3.8) is 0 Å². The van der Waals surface area contributed by atoms with Crippen LogP contribution < -0.4 is 5.73 Å². The normalized spacial score (nSPS) is 14.2. The fourth-order valence-corrected chi connectivity index (χ4v) is 0.973. The topological polar surface area (TPSA) is 38.9 Å². The molecule has 1 atom stereocenters. The SMILES string of the molecule is N[C@H](c1ccc(Br)cn1)C(F)(F)F. The Bertz CT molecular complexity index is 283. The summed E-state index contributed by atoms with van der Waals surface area (Å²) in [6.45, 7) is 0. The molecule has 0 aliphatic carbocycles. The number of rotatable bonds is 1. The van der Waals surface area contributed by atoms with Gasteiger partial charge < -0.3 is 5.73 Å². The van der Waals surface area contributed by atoms with Crippen LogP contribution in [0.4, 0.5) is 13.2 Å². The van der Waals surface area contributed by atoms with Gasteiger partial charge in [0.2, 0.25) is 0 Å². The molecule has 2 nitrogen and oxygen atoms in total. The monoisotopic (exact) mass is 254 g/mol. The predicted molar refractivity (Wildman–Crippen MR) is 44.9 cm³/mol. The van der Waals surface area contributed by atoms with Crippen LogP contribution in [-0.2, 0) is 0 Å². The summed E-state index contributed by atoms with van der Waals surface area (Å²) in [5.74, 6) is 0. The van der Waals surface area contributed by atoms with E-state index in [9.17, 15) is 13.2 Å². The number of nitrogens with two attached hydrogens (primary N) is 1. The first-order valence-corrected chi connectivity index (χ1v) is 4.14. The number of hydrogen-bond acceptors (Lipinski definition) is 2. The van der Waals surface area contributed by atoms with Gasteiger partial charge in [0.05, 0.1) is 5.69 Å². The standard InChI is InChI=1S/C7H6BrF3N2/c8-4-1-2-5(13-3-4)6(12)7(9,10)11/h1-3,6H,12H2/t6-/m1/s1. The molecular weight excluding hydrogens is 249 g/mol. The van der Waals surface area contributed by atoms with Crippen molar-refractivity contribution in [2.75, 3.05) is 0 Å². The Balaban J connectivity index is 2.90. The second kappa shape index (κ2) is 3.63. The Hall–Kier alpha value is -0.620. The van der Waals surface area contributed by atoms with Crippen molar-refractivity contribution in [1.29, 1.82) is 0 Å². The molecule has 0 amide bonds. The van der Waals surface area contributed by atoms with Gasteiger partial charge in [0.1, 0.15) is 6.04 Å². The molecule has 0 saturated carbocycles. The van der Waals surface area contributed by atoms with Gasteiger partial charge in [-0.1, -0.05) is 0 Å². The summed E-state index contributed by atoms with van der Waals surface area (Å²) >= 11 is 3.06. The molecule has 1 aromatic rings. The summed E-state index contributed by atoms with van der Waals surface area (Å²) in [4.78, 5) is 3.55. The molecular formula is C7H6BrF3N2. The molecule has 1 aromatic heterocycles. The zero-order chi connectivity index (χ0) is 10.1. The third-order valence-electron chi connectivity index (χ3n) is 1.42. The molecule has 1 rings (SSSR count). The molecule has 0 fully saturated rings. The first-order chi connectivity index (χ1) is 5.91. The Morgan fingerprint density at radius 1 is 1.38 bits per heavy atom. The van der Waals surface area contributed by atoms with Crippen molar-refractivity contribution in [2.45, 2.75) is 12.2 Å². The van der Waals surface area contributed by atoms with Crippen LogP contribution in [0.25, 0.3) is 0 Å². The first kappa shape index (κ1) is 10.5. The van der Waals surface area contributed by atoms with Crippen LogP contribution in [0.1, 0.15) is 11.7 Å². The summed E-state index contributed by atoms with van der Waals surface area (Å²) in [6, 6.07) is 0.691. The van der Waals surface area contributed by atoms with Crippen LogP contribution in [0.3, 0.4) is 0 Å². The minimum absolute atomic E-state index is 0.185. The quantitative estimate of drug-likeness (QED) is 0.836. The molecule has 0 spiro atoms. The van der Waals surface area contributed by atoms with E-state index >= 15 is 0 Å². The highest BCUT2D eigenvalue weighted by molar-refractivity contribution is 9.10. The van der Waals surface area contributed by atoms with Gasteiger partial charge in [0.15, 0.2) is 0 Å². The molecule has 0 radical (unpaired) electrons. The van der Waals surface area contributed by atoms with Crippen LogP contribution >= 0.6 is 15.9 Å². The van der Waals surface area contributed by atoms with E-state index in [1.165, 1.54) is 18.3 Å². The lowest BCUT2D eigenvalue weighted by atomic mass is 10.2. The van der Waals surface area contributed by atoms with Gasteiger partial charge in [0, 0.05) is 10.7 Å². The van der Waals surface area contributed by atoms with E-state index in [4.69, 9.17) is 5.73 Å². The highest BCUT2D eigenvalue weighted by atomic mass is 79.9. The zero-order valence-electron chi connectivity index (χ0n) is 6.35. The maximum Gasteiger partial charge on any atom is 0.409 e. The number of pyridine rings is 1. The average molecular weight is 255 g/mol. The third-order valence-corrected chi connectivity index (χ3v) is 1.89. The van der Waals surface area contributed by atoms with E-state index in [0.717, 1.165) is 0 Å². The maximum absolute atomic E-state index is 12.1. The van der Waals surface area contributed by atoms with Gasteiger partial charge in [-0.25, -0.2) is 0 Å². The molecule has 0 aliphatic rings. The Morgan fingerprint density at radius 2 is 2.00 bits per heavy atom. The second-order valence-electron chi connectivity index (χ2n) is 2.42. The van der Waals surface area contributed by atoms with E-state index in [0.29, 0.717) is 4.47 Å². The van der Waals surface area contributed by atoms with Crippen LogP contribution in [0.2, 0.25) is 0 Å². The van der Waals surface area contributed by atoms with Gasteiger partial charge >= 0.3 is 6.18 Å². The first-order valence-electron chi connectivity index (χ1n) is 3.35. The van der Waals surface area contributed by atoms with E-state index in [-0.39, 0.29) is 5.69 Å². The Labute approximate surface area is 81.1 Å². The molecule has 72 valence electrons. The molecule has 6 heteroatoms. The lowest BCUT2D eigenvalue weighted by Crippen LogP contribution is -2.29. The van der Waals surface area contributed by atoms with Gasteiger partial charge in [-0.3, -0.25) is 4.98 Å². The molecule has 0 aromatic carbocycles. The minimum atomic E-state index is -4.44. The number of aromatic nitrogens is 1. The van der Waals surface area contributed by atoms with Crippen molar-refractivity contribution in [2.24, 2.45) is 5.73 Å². The Kier molecular flexibility index (Phi) is 2.92. The lowest BCUT2D eigenvalue weighted by Gasteiger charge is -2.14. The average Bonchev–Trinajstić information content (AvgIpc) is 2.03. The third kappa shape index (κ3) is 2.67. The molecule has 0 unspecified atom stereocenters. The Morgan fingerprint density at radius 3 is 2.38 bits per heavy atom. The summed E-state index contributed by atoms with van der Waals surface area (Å²) in [6.07, 6.45) is -3.16. The zero-order valence-corrected chi connectivity index (χ0v) is 7.93. The lowest BCUT2D eigenvalue weighted by molar-refractivity contribution is -0.150. The highest BCUT2D eigenvalue weighted by Gasteiger charge is 2.38. The molecule has 13 heavy (non-hydrogen) atoms. The molecule has 2 N–H and O–H groups in total. The largest absolute Gasteiger partial charge is 0.409 e. The second-order valence-corrected chi connectivity index (χ2v) is 3.34. The van der Waals surface area contributed by atoms with Crippen molar-refractivity contribution in [3.05, 3.63) is 28.5 Å². The minimum Gasteiger partial charge on any atom is -0.315 e. The van der Waals surface area contributed by atoms with Gasteiger partial charge in [0.25, 0.3) is 0 Å². The van der Waals surface area contributed by atoms with Crippen LogP contribution in [0.15, 0.2) is 22.8 Å². The van der Waals surface area contributed by atoms with Gasteiger partial charge in [-0.15, -0.1) is 0 Å². The molecule has 0 bridgehead atoms. The summed E-state index contributed by atoms with van der Waals surface area (Å²) in [7, 11) is 0. The maximum atomic E-state index is 12.1. The van der Waals surface area contributed by atoms with Gasteiger partial charge in [-0.2, -0.15) is 13.2 Å². The van der Waals surface area contributed by atoms with Crippen molar-refractivity contribution >= 4 is 15.9 Å². The summed E-state index contributed by atoms with van der Waals surface area (Å²) < 4.78 is 36.8. The van der Waals surface area contributed by atoms with Crippen molar-refractivity contribution < 1.29 is 13.2 Å². The van der Waals surface area contributed by atoms with E-state index in [1.807, 2.05) is 0 Å². The van der Waals surface area contributed by atoms with Crippen molar-refractivity contribution in [3.8, 4) is 0 Å². The van der Waals surface area contributed by atoms with Crippen LogP contribution in [0, 0.1) is 0 Å². The summed E-state index contributed by atoms with van der Waals surface area (Å²) in [5, 5.41) is 0.